The molecule has 0 aliphatic carbocycles. The predicted octanol–water partition coefficient (Wildman–Crippen LogP) is -3.04. The summed E-state index contributed by atoms with van der Waals surface area (Å²) in [6.45, 7) is 6.19. The van der Waals surface area contributed by atoms with E-state index >= 15 is 0 Å². The lowest BCUT2D eigenvalue weighted by Crippen LogP contribution is -2.57. The number of aliphatic carboxylic acids is 1. The average Bonchev–Trinajstić information content (AvgIpc) is 2.66. The molecule has 31 heavy (non-hydrogen) atoms. The van der Waals surface area contributed by atoms with E-state index in [0.717, 1.165) is 0 Å². The lowest BCUT2D eigenvalue weighted by Gasteiger charge is -2.24. The third kappa shape index (κ3) is 10.6. The number of nitrogens with one attached hydrogen (secondary N) is 3. The molecule has 0 saturated heterocycles. The Morgan fingerprint density at radius 3 is 1.97 bits per heavy atom. The topological polar surface area (TPSA) is 235 Å². The molecule has 0 fully saturated rings. The molecular formula is C18H35N7O6. The zero-order chi connectivity index (χ0) is 24.3. The first-order valence-corrected chi connectivity index (χ1v) is 9.90. The van der Waals surface area contributed by atoms with Crippen molar-refractivity contribution >= 4 is 29.7 Å². The predicted molar refractivity (Wildman–Crippen MR) is 114 cm³/mol. The van der Waals surface area contributed by atoms with E-state index in [-0.39, 0.29) is 24.8 Å². The summed E-state index contributed by atoms with van der Waals surface area (Å²) in [5.41, 5.74) is 16.1. The molecule has 0 saturated carbocycles. The van der Waals surface area contributed by atoms with Crippen molar-refractivity contribution in [3.05, 3.63) is 0 Å². The van der Waals surface area contributed by atoms with Gasteiger partial charge < -0.3 is 43.4 Å². The molecule has 0 aliphatic rings. The van der Waals surface area contributed by atoms with Gasteiger partial charge in [0, 0.05) is 6.54 Å². The summed E-state index contributed by atoms with van der Waals surface area (Å²) in [5.74, 6) is -3.81. The first-order valence-electron chi connectivity index (χ1n) is 9.90. The summed E-state index contributed by atoms with van der Waals surface area (Å²) in [5, 5.41) is 25.9. The van der Waals surface area contributed by atoms with Gasteiger partial charge in [0.15, 0.2) is 5.96 Å². The molecule has 13 nitrogen and oxygen atoms in total. The maximum absolute atomic E-state index is 12.7. The van der Waals surface area contributed by atoms with Crippen LogP contribution >= 0.6 is 0 Å². The molecule has 5 unspecified atom stereocenters. The summed E-state index contributed by atoms with van der Waals surface area (Å²) in [6.07, 6.45) is -0.687. The van der Waals surface area contributed by atoms with Crippen LogP contribution in [0.25, 0.3) is 0 Å². The molecule has 0 heterocycles. The van der Waals surface area contributed by atoms with Crippen molar-refractivity contribution in [2.24, 2.45) is 28.1 Å². The van der Waals surface area contributed by atoms with Crippen LogP contribution in [0.3, 0.4) is 0 Å². The number of aliphatic hydroxyl groups is 1. The van der Waals surface area contributed by atoms with Crippen LogP contribution in [0.4, 0.5) is 0 Å². The number of carbonyl (C=O) groups excluding carboxylic acids is 3. The number of rotatable bonds is 13. The fourth-order valence-corrected chi connectivity index (χ4v) is 2.43. The summed E-state index contributed by atoms with van der Waals surface area (Å²) < 4.78 is 0. The Balaban J connectivity index is 5.17. The van der Waals surface area contributed by atoms with Gasteiger partial charge in [-0.2, -0.15) is 0 Å². The van der Waals surface area contributed by atoms with Crippen LogP contribution in [-0.2, 0) is 19.2 Å². The van der Waals surface area contributed by atoms with Crippen LogP contribution in [-0.4, -0.2) is 76.7 Å². The highest BCUT2D eigenvalue weighted by atomic mass is 16.4. The number of carbonyl (C=O) groups is 4. The lowest BCUT2D eigenvalue weighted by molar-refractivity contribution is -0.143. The maximum Gasteiger partial charge on any atom is 0.326 e. The van der Waals surface area contributed by atoms with Crippen LogP contribution in [0.5, 0.6) is 0 Å². The minimum Gasteiger partial charge on any atom is -0.480 e. The Morgan fingerprint density at radius 1 is 0.935 bits per heavy atom. The largest absolute Gasteiger partial charge is 0.480 e. The normalized spacial score (nSPS) is 15.7. The van der Waals surface area contributed by atoms with Gasteiger partial charge in [-0.1, -0.05) is 13.8 Å². The van der Waals surface area contributed by atoms with Gasteiger partial charge in [0.2, 0.25) is 17.7 Å². The highest BCUT2D eigenvalue weighted by molar-refractivity contribution is 5.94. The fraction of sp³-hybridized carbons (Fsp3) is 0.722. The van der Waals surface area contributed by atoms with Crippen molar-refractivity contribution in [3.8, 4) is 0 Å². The number of carboxylic acid groups (broad SMARTS) is 1. The second kappa shape index (κ2) is 13.4. The minimum absolute atomic E-state index is 0.121. The molecule has 0 aromatic rings. The zero-order valence-electron chi connectivity index (χ0n) is 18.3. The maximum atomic E-state index is 12.7. The Labute approximate surface area is 181 Å². The number of hydrogen-bond donors (Lipinski definition) is 8. The standard InChI is InChI=1S/C18H35N7O6/c1-8(2)13(17(30)31)25-14(27)9(3)23-15(28)11(6-5-7-22-18(20)21)24-16(29)12(19)10(4)26/h8-13,26H,5-7,19H2,1-4H3,(H,23,28)(H,24,29)(H,25,27)(H,30,31)(H4,20,21,22). The van der Waals surface area contributed by atoms with E-state index in [4.69, 9.17) is 17.2 Å². The Hall–Kier alpha value is -2.93. The molecular weight excluding hydrogens is 410 g/mol. The second-order valence-electron chi connectivity index (χ2n) is 7.58. The number of aliphatic imine (C=N–C) groups is 1. The summed E-state index contributed by atoms with van der Waals surface area (Å²) >= 11 is 0. The van der Waals surface area contributed by atoms with E-state index < -0.39 is 54.0 Å². The Bertz CT molecular complexity index is 664. The fourth-order valence-electron chi connectivity index (χ4n) is 2.43. The number of nitrogens with two attached hydrogens (primary N) is 3. The molecule has 5 atom stereocenters. The van der Waals surface area contributed by atoms with Gasteiger partial charge >= 0.3 is 5.97 Å². The van der Waals surface area contributed by atoms with Gasteiger partial charge in [-0.25, -0.2) is 4.79 Å². The number of nitrogens with zero attached hydrogens (tertiary/aromatic N) is 1. The van der Waals surface area contributed by atoms with Gasteiger partial charge in [0.1, 0.15) is 24.2 Å². The zero-order valence-corrected chi connectivity index (χ0v) is 18.3. The third-order valence-electron chi connectivity index (χ3n) is 4.38. The number of aliphatic hydroxyl groups excluding tert-OH is 1. The van der Waals surface area contributed by atoms with Crippen LogP contribution in [0.15, 0.2) is 4.99 Å². The second-order valence-corrected chi connectivity index (χ2v) is 7.58. The van der Waals surface area contributed by atoms with Crippen molar-refractivity contribution in [1.82, 2.24) is 16.0 Å². The SMILES string of the molecule is CC(NC(=O)C(CCCN=C(N)N)NC(=O)C(N)C(C)O)C(=O)NC(C(=O)O)C(C)C. The summed E-state index contributed by atoms with van der Waals surface area (Å²) in [6, 6.07) is -4.53. The van der Waals surface area contributed by atoms with E-state index in [0.29, 0.717) is 6.42 Å². The molecule has 178 valence electrons. The molecule has 0 bridgehead atoms. The van der Waals surface area contributed by atoms with E-state index in [1.165, 1.54) is 13.8 Å². The molecule has 0 spiro atoms. The van der Waals surface area contributed by atoms with E-state index in [9.17, 15) is 29.4 Å². The molecule has 0 rings (SSSR count). The summed E-state index contributed by atoms with van der Waals surface area (Å²) in [4.78, 5) is 52.2. The number of carboxylic acids is 1. The molecule has 0 aromatic heterocycles. The molecule has 0 radical (unpaired) electrons. The molecule has 0 aromatic carbocycles. The third-order valence-corrected chi connectivity index (χ3v) is 4.38. The molecule has 13 heteroatoms. The van der Waals surface area contributed by atoms with Gasteiger partial charge in [0.25, 0.3) is 0 Å². The van der Waals surface area contributed by atoms with Crippen LogP contribution in [0.1, 0.15) is 40.5 Å². The van der Waals surface area contributed by atoms with Crippen LogP contribution < -0.4 is 33.2 Å². The Morgan fingerprint density at radius 2 is 1.52 bits per heavy atom. The van der Waals surface area contributed by atoms with Crippen molar-refractivity contribution in [3.63, 3.8) is 0 Å². The Kier molecular flexibility index (Phi) is 12.1. The quantitative estimate of drug-likeness (QED) is 0.0815. The summed E-state index contributed by atoms with van der Waals surface area (Å²) in [7, 11) is 0. The van der Waals surface area contributed by atoms with E-state index in [1.807, 2.05) is 0 Å². The van der Waals surface area contributed by atoms with Crippen molar-refractivity contribution in [1.29, 1.82) is 0 Å². The van der Waals surface area contributed by atoms with Gasteiger partial charge in [-0.15, -0.1) is 0 Å². The molecule has 0 aliphatic heterocycles. The van der Waals surface area contributed by atoms with Crippen LogP contribution in [0.2, 0.25) is 0 Å². The van der Waals surface area contributed by atoms with Gasteiger partial charge in [-0.05, 0) is 32.6 Å². The molecule has 11 N–H and O–H groups in total. The van der Waals surface area contributed by atoms with Crippen molar-refractivity contribution in [2.75, 3.05) is 6.54 Å². The molecule has 3 amide bonds. The first kappa shape index (κ1) is 28.1. The lowest BCUT2D eigenvalue weighted by atomic mass is 10.0. The van der Waals surface area contributed by atoms with Crippen LogP contribution in [0, 0.1) is 5.92 Å². The monoisotopic (exact) mass is 445 g/mol. The average molecular weight is 446 g/mol. The van der Waals surface area contributed by atoms with E-state index in [2.05, 4.69) is 20.9 Å². The smallest absolute Gasteiger partial charge is 0.326 e. The number of guanidine groups is 1. The van der Waals surface area contributed by atoms with E-state index in [1.54, 1.807) is 13.8 Å². The first-order chi connectivity index (χ1) is 14.3. The highest BCUT2D eigenvalue weighted by Crippen LogP contribution is 2.04. The van der Waals surface area contributed by atoms with Gasteiger partial charge in [0.05, 0.1) is 6.10 Å². The number of hydrogen-bond acceptors (Lipinski definition) is 7. The van der Waals surface area contributed by atoms with Crippen molar-refractivity contribution < 1.29 is 29.4 Å². The number of amides is 3. The highest BCUT2D eigenvalue weighted by Gasteiger charge is 2.29. The minimum atomic E-state index is -1.25. The van der Waals surface area contributed by atoms with Gasteiger partial charge in [-0.3, -0.25) is 19.4 Å². The van der Waals surface area contributed by atoms with Crippen molar-refractivity contribution in [2.45, 2.75) is 70.8 Å².